The number of hydrogen-bond donors (Lipinski definition) is 1. The van der Waals surface area contributed by atoms with E-state index in [0.29, 0.717) is 23.6 Å². The molecule has 5 heteroatoms. The fourth-order valence-electron chi connectivity index (χ4n) is 2.31. The van der Waals surface area contributed by atoms with E-state index in [2.05, 4.69) is 15.3 Å². The first-order valence-corrected chi connectivity index (χ1v) is 6.64. The molecule has 3 rings (SSSR count). The number of hydrogen-bond acceptors (Lipinski definition) is 4. The summed E-state index contributed by atoms with van der Waals surface area (Å²) in [6.07, 6.45) is 4.75. The summed E-state index contributed by atoms with van der Waals surface area (Å²) in [6, 6.07) is 6.11. The van der Waals surface area contributed by atoms with Crippen molar-refractivity contribution < 1.29 is 9.18 Å². The molecule has 0 spiro atoms. The highest BCUT2D eigenvalue weighted by molar-refractivity contribution is 5.97. The van der Waals surface area contributed by atoms with Crippen molar-refractivity contribution >= 4 is 17.4 Å². The van der Waals surface area contributed by atoms with Crippen LogP contribution in [0.4, 0.5) is 16.0 Å². The van der Waals surface area contributed by atoms with Gasteiger partial charge in [0.15, 0.2) is 5.78 Å². The van der Waals surface area contributed by atoms with E-state index < -0.39 is 0 Å². The highest BCUT2D eigenvalue weighted by atomic mass is 19.1. The lowest BCUT2D eigenvalue weighted by molar-refractivity contribution is 0.0981. The van der Waals surface area contributed by atoms with Gasteiger partial charge >= 0.3 is 0 Å². The molecule has 0 aliphatic heterocycles. The molecule has 0 saturated heterocycles. The largest absolute Gasteiger partial charge is 0.324 e. The second-order valence-electron chi connectivity index (χ2n) is 4.82. The van der Waals surface area contributed by atoms with Crippen LogP contribution in [-0.2, 0) is 6.42 Å². The van der Waals surface area contributed by atoms with E-state index in [-0.39, 0.29) is 11.6 Å². The average molecular weight is 271 g/mol. The van der Waals surface area contributed by atoms with Gasteiger partial charge in [-0.2, -0.15) is 0 Å². The molecule has 1 aliphatic carbocycles. The topological polar surface area (TPSA) is 54.9 Å². The monoisotopic (exact) mass is 271 g/mol. The number of fused-ring (bicyclic) bond motifs is 1. The van der Waals surface area contributed by atoms with Crippen molar-refractivity contribution in [2.45, 2.75) is 25.7 Å². The van der Waals surface area contributed by atoms with Crippen LogP contribution >= 0.6 is 0 Å². The Hall–Kier alpha value is -2.30. The fraction of sp³-hybridized carbons (Fsp3) is 0.267. The lowest BCUT2D eigenvalue weighted by Crippen LogP contribution is -2.07. The minimum atomic E-state index is -0.320. The van der Waals surface area contributed by atoms with Crippen LogP contribution in [0.1, 0.15) is 35.3 Å². The van der Waals surface area contributed by atoms with Gasteiger partial charge in [-0.05, 0) is 37.5 Å². The van der Waals surface area contributed by atoms with Crippen LogP contribution < -0.4 is 5.32 Å². The molecule has 0 atom stereocenters. The van der Waals surface area contributed by atoms with Crippen molar-refractivity contribution in [1.29, 1.82) is 0 Å². The third-order valence-corrected chi connectivity index (χ3v) is 3.32. The van der Waals surface area contributed by atoms with Crippen LogP contribution in [0.3, 0.4) is 0 Å². The van der Waals surface area contributed by atoms with Crippen molar-refractivity contribution in [2.24, 2.45) is 0 Å². The predicted octanol–water partition coefficient (Wildman–Crippen LogP) is 3.27. The Kier molecular flexibility index (Phi) is 3.41. The van der Waals surface area contributed by atoms with Crippen LogP contribution in [0.25, 0.3) is 0 Å². The van der Waals surface area contributed by atoms with Gasteiger partial charge in [0.2, 0.25) is 5.95 Å². The molecule has 102 valence electrons. The number of aryl methyl sites for hydroxylation is 1. The Labute approximate surface area is 116 Å². The Morgan fingerprint density at radius 3 is 2.90 bits per heavy atom. The molecule has 1 aromatic heterocycles. The van der Waals surface area contributed by atoms with Crippen LogP contribution in [0.5, 0.6) is 0 Å². The molecule has 0 bridgehead atoms. The highest BCUT2D eigenvalue weighted by Crippen LogP contribution is 2.21. The predicted molar refractivity (Wildman–Crippen MR) is 73.6 cm³/mol. The second-order valence-corrected chi connectivity index (χ2v) is 4.82. The number of aromatic nitrogens is 2. The molecule has 1 heterocycles. The summed E-state index contributed by atoms with van der Waals surface area (Å²) >= 11 is 0. The number of rotatable bonds is 2. The summed E-state index contributed by atoms with van der Waals surface area (Å²) in [5, 5.41) is 2.96. The molecular weight excluding hydrogens is 257 g/mol. The minimum absolute atomic E-state index is 0.106. The van der Waals surface area contributed by atoms with Crippen molar-refractivity contribution in [3.63, 3.8) is 0 Å². The number of nitrogens with zero attached hydrogens (tertiary/aromatic N) is 2. The highest BCUT2D eigenvalue weighted by Gasteiger charge is 2.17. The number of carbonyl (C=O) groups is 1. The molecular formula is C15H14FN3O. The van der Waals surface area contributed by atoms with Gasteiger partial charge in [-0.15, -0.1) is 0 Å². The molecule has 0 fully saturated rings. The third-order valence-electron chi connectivity index (χ3n) is 3.32. The van der Waals surface area contributed by atoms with Crippen LogP contribution in [0.2, 0.25) is 0 Å². The van der Waals surface area contributed by atoms with Crippen molar-refractivity contribution in [3.8, 4) is 0 Å². The standard InChI is InChI=1S/C15H14FN3O/c16-10-4-3-5-11(8-10)18-15-17-9-12-13(19-15)6-1-2-7-14(12)20/h3-5,8-9H,1-2,6-7H2,(H,17,18,19). The van der Waals surface area contributed by atoms with E-state index in [1.165, 1.54) is 12.1 Å². The van der Waals surface area contributed by atoms with E-state index in [1.807, 2.05) is 0 Å². The second kappa shape index (κ2) is 5.36. The molecule has 20 heavy (non-hydrogen) atoms. The Bertz CT molecular complexity index is 657. The zero-order chi connectivity index (χ0) is 13.9. The smallest absolute Gasteiger partial charge is 0.227 e. The summed E-state index contributed by atoms with van der Waals surface area (Å²) in [5.41, 5.74) is 1.98. The van der Waals surface area contributed by atoms with Gasteiger partial charge in [0.25, 0.3) is 0 Å². The number of benzene rings is 1. The van der Waals surface area contributed by atoms with E-state index in [4.69, 9.17) is 0 Å². The normalized spacial score (nSPS) is 14.6. The van der Waals surface area contributed by atoms with E-state index in [9.17, 15) is 9.18 Å². The lowest BCUT2D eigenvalue weighted by atomic mass is 10.1. The average Bonchev–Trinajstić information content (AvgIpc) is 2.61. The number of ketones is 1. The van der Waals surface area contributed by atoms with Gasteiger partial charge in [-0.25, -0.2) is 14.4 Å². The van der Waals surface area contributed by atoms with E-state index >= 15 is 0 Å². The quantitative estimate of drug-likeness (QED) is 0.852. The SMILES string of the molecule is O=C1CCCCc2nc(Nc3cccc(F)c3)ncc21. The van der Waals surface area contributed by atoms with Gasteiger partial charge in [-0.1, -0.05) is 6.07 Å². The van der Waals surface area contributed by atoms with Crippen LogP contribution in [0, 0.1) is 5.82 Å². The molecule has 0 saturated carbocycles. The number of nitrogens with one attached hydrogen (secondary N) is 1. The molecule has 1 N–H and O–H groups in total. The zero-order valence-electron chi connectivity index (χ0n) is 10.9. The Morgan fingerprint density at radius 2 is 2.05 bits per heavy atom. The number of anilines is 2. The summed E-state index contributed by atoms with van der Waals surface area (Å²) in [5.74, 6) is 0.179. The summed E-state index contributed by atoms with van der Waals surface area (Å²) in [6.45, 7) is 0. The summed E-state index contributed by atoms with van der Waals surface area (Å²) in [7, 11) is 0. The fourth-order valence-corrected chi connectivity index (χ4v) is 2.31. The van der Waals surface area contributed by atoms with Crippen LogP contribution in [0.15, 0.2) is 30.5 Å². The number of carbonyl (C=O) groups excluding carboxylic acids is 1. The number of halogens is 1. The Morgan fingerprint density at radius 1 is 1.20 bits per heavy atom. The van der Waals surface area contributed by atoms with Gasteiger partial charge in [0, 0.05) is 18.3 Å². The molecule has 4 nitrogen and oxygen atoms in total. The minimum Gasteiger partial charge on any atom is -0.324 e. The van der Waals surface area contributed by atoms with Gasteiger partial charge < -0.3 is 5.32 Å². The molecule has 0 amide bonds. The van der Waals surface area contributed by atoms with Gasteiger partial charge in [-0.3, -0.25) is 4.79 Å². The number of Topliss-reactive ketones (excluding diaryl/α,β-unsaturated/α-hetero) is 1. The van der Waals surface area contributed by atoms with E-state index in [0.717, 1.165) is 25.0 Å². The van der Waals surface area contributed by atoms with Crippen molar-refractivity contribution in [1.82, 2.24) is 9.97 Å². The van der Waals surface area contributed by atoms with Crippen molar-refractivity contribution in [3.05, 3.63) is 47.5 Å². The van der Waals surface area contributed by atoms with Crippen LogP contribution in [-0.4, -0.2) is 15.8 Å². The first-order valence-electron chi connectivity index (χ1n) is 6.64. The zero-order valence-corrected chi connectivity index (χ0v) is 10.9. The maximum atomic E-state index is 13.1. The lowest BCUT2D eigenvalue weighted by Gasteiger charge is -2.08. The van der Waals surface area contributed by atoms with Crippen molar-refractivity contribution in [2.75, 3.05) is 5.32 Å². The molecule has 0 unspecified atom stereocenters. The molecule has 1 aliphatic rings. The maximum absolute atomic E-state index is 13.1. The summed E-state index contributed by atoms with van der Waals surface area (Å²) < 4.78 is 13.1. The molecule has 2 aromatic rings. The first kappa shape index (κ1) is 12.7. The first-order chi connectivity index (χ1) is 9.72. The van der Waals surface area contributed by atoms with E-state index in [1.54, 1.807) is 18.3 Å². The molecule has 1 aromatic carbocycles. The summed E-state index contributed by atoms with van der Waals surface area (Å²) in [4.78, 5) is 20.4. The Balaban J connectivity index is 1.88. The maximum Gasteiger partial charge on any atom is 0.227 e. The third kappa shape index (κ3) is 2.66. The van der Waals surface area contributed by atoms with Gasteiger partial charge in [0.1, 0.15) is 5.82 Å². The van der Waals surface area contributed by atoms with Gasteiger partial charge in [0.05, 0.1) is 11.3 Å². The molecule has 0 radical (unpaired) electrons.